The summed E-state index contributed by atoms with van der Waals surface area (Å²) in [7, 11) is 0. The number of hydrogen-bond acceptors (Lipinski definition) is 0. The second-order valence-electron chi connectivity index (χ2n) is 5.34. The van der Waals surface area contributed by atoms with Crippen LogP contribution in [0, 0.1) is 11.2 Å². The molecule has 0 bridgehead atoms. The van der Waals surface area contributed by atoms with Crippen LogP contribution in [0.2, 0.25) is 5.02 Å². The largest absolute Gasteiger partial charge is 0.207 e. The van der Waals surface area contributed by atoms with Crippen molar-refractivity contribution in [2.45, 2.75) is 12.8 Å². The van der Waals surface area contributed by atoms with Crippen molar-refractivity contribution in [3.63, 3.8) is 0 Å². The molecule has 0 N–H and O–H groups in total. The summed E-state index contributed by atoms with van der Waals surface area (Å²) in [5.74, 6) is 0.493. The van der Waals surface area contributed by atoms with E-state index in [0.29, 0.717) is 23.2 Å². The third-order valence-corrected chi connectivity index (χ3v) is 5.06. The molecule has 0 radical (unpaired) electrons. The average molecular weight is 346 g/mol. The Labute approximate surface area is 139 Å². The molecule has 0 nitrogen and oxygen atoms in total. The highest BCUT2D eigenvalue weighted by Crippen LogP contribution is 2.33. The molecule has 0 aliphatic rings. The van der Waals surface area contributed by atoms with Crippen molar-refractivity contribution in [2.75, 3.05) is 11.8 Å². The quantitative estimate of drug-likeness (QED) is 0.587. The Balaban J connectivity index is 2.25. The molecule has 4 heteroatoms. The van der Waals surface area contributed by atoms with Crippen LogP contribution in [0.25, 0.3) is 0 Å². The molecular formula is C17H16Cl3F. The van der Waals surface area contributed by atoms with Gasteiger partial charge in [-0.25, -0.2) is 4.39 Å². The van der Waals surface area contributed by atoms with Crippen molar-refractivity contribution < 1.29 is 4.39 Å². The van der Waals surface area contributed by atoms with E-state index in [0.717, 1.165) is 12.0 Å². The fraction of sp³-hybridized carbons (Fsp3) is 0.294. The van der Waals surface area contributed by atoms with E-state index in [-0.39, 0.29) is 11.2 Å². The minimum atomic E-state index is -0.339. The molecular weight excluding hydrogens is 330 g/mol. The van der Waals surface area contributed by atoms with Crippen LogP contribution in [0.4, 0.5) is 4.39 Å². The summed E-state index contributed by atoms with van der Waals surface area (Å²) in [5, 5.41) is 0.419. The van der Waals surface area contributed by atoms with Gasteiger partial charge < -0.3 is 0 Å². The zero-order valence-electron chi connectivity index (χ0n) is 11.5. The van der Waals surface area contributed by atoms with Crippen molar-refractivity contribution in [1.82, 2.24) is 0 Å². The summed E-state index contributed by atoms with van der Waals surface area (Å²) in [6.45, 7) is 0. The van der Waals surface area contributed by atoms with E-state index in [1.54, 1.807) is 6.07 Å². The average Bonchev–Trinajstić information content (AvgIpc) is 2.50. The van der Waals surface area contributed by atoms with Crippen molar-refractivity contribution >= 4 is 34.8 Å². The van der Waals surface area contributed by atoms with E-state index in [9.17, 15) is 4.39 Å². The molecule has 0 atom stereocenters. The van der Waals surface area contributed by atoms with Crippen LogP contribution in [0.1, 0.15) is 11.1 Å². The molecule has 0 saturated carbocycles. The van der Waals surface area contributed by atoms with E-state index >= 15 is 0 Å². The standard InChI is InChI=1S/C17H16Cl3F/c18-11-17(12-19,9-13-4-2-1-3-5-13)10-14-6-7-15(21)8-16(14)20/h1-8H,9-12H2. The van der Waals surface area contributed by atoms with Crippen molar-refractivity contribution in [1.29, 1.82) is 0 Å². The van der Waals surface area contributed by atoms with Crippen LogP contribution in [0.3, 0.4) is 0 Å². The Bertz CT molecular complexity index is 580. The summed E-state index contributed by atoms with van der Waals surface area (Å²) >= 11 is 18.5. The molecule has 0 amide bonds. The highest BCUT2D eigenvalue weighted by Gasteiger charge is 2.30. The van der Waals surface area contributed by atoms with Gasteiger partial charge in [-0.15, -0.1) is 23.2 Å². The second kappa shape index (κ2) is 7.49. The summed E-state index contributed by atoms with van der Waals surface area (Å²) in [6, 6.07) is 14.5. The third kappa shape index (κ3) is 4.35. The highest BCUT2D eigenvalue weighted by molar-refractivity contribution is 6.31. The van der Waals surface area contributed by atoms with Crippen LogP contribution in [0.15, 0.2) is 48.5 Å². The van der Waals surface area contributed by atoms with E-state index in [1.807, 2.05) is 18.2 Å². The molecule has 21 heavy (non-hydrogen) atoms. The lowest BCUT2D eigenvalue weighted by molar-refractivity contribution is 0.374. The first-order chi connectivity index (χ1) is 10.1. The number of hydrogen-bond donors (Lipinski definition) is 0. The first-order valence-electron chi connectivity index (χ1n) is 6.68. The molecule has 2 aromatic carbocycles. The minimum Gasteiger partial charge on any atom is -0.207 e. The van der Waals surface area contributed by atoms with Gasteiger partial charge in [0.05, 0.1) is 0 Å². The zero-order chi connectivity index (χ0) is 15.3. The Hall–Kier alpha value is -0.760. The maximum absolute atomic E-state index is 13.2. The molecule has 112 valence electrons. The first kappa shape index (κ1) is 16.6. The molecule has 0 unspecified atom stereocenters. The fourth-order valence-electron chi connectivity index (χ4n) is 2.39. The predicted octanol–water partition coefficient (Wildman–Crippen LogP) is 5.73. The van der Waals surface area contributed by atoms with Gasteiger partial charge >= 0.3 is 0 Å². The van der Waals surface area contributed by atoms with Crippen LogP contribution >= 0.6 is 34.8 Å². The van der Waals surface area contributed by atoms with Gasteiger partial charge in [-0.3, -0.25) is 0 Å². The SMILES string of the molecule is Fc1ccc(CC(CCl)(CCl)Cc2ccccc2)c(Cl)c1. The number of alkyl halides is 2. The first-order valence-corrected chi connectivity index (χ1v) is 8.13. The Morgan fingerprint density at radius 2 is 1.57 bits per heavy atom. The smallest absolute Gasteiger partial charge is 0.124 e. The third-order valence-electron chi connectivity index (χ3n) is 3.57. The lowest BCUT2D eigenvalue weighted by Crippen LogP contribution is -2.31. The fourth-order valence-corrected chi connectivity index (χ4v) is 3.28. The van der Waals surface area contributed by atoms with Gasteiger partial charge in [-0.05, 0) is 36.1 Å². The normalized spacial score (nSPS) is 11.6. The Morgan fingerprint density at radius 3 is 2.14 bits per heavy atom. The van der Waals surface area contributed by atoms with Gasteiger partial charge in [-0.2, -0.15) is 0 Å². The van der Waals surface area contributed by atoms with E-state index in [2.05, 4.69) is 12.1 Å². The van der Waals surface area contributed by atoms with Gasteiger partial charge in [0.2, 0.25) is 0 Å². The predicted molar refractivity (Wildman–Crippen MR) is 89.1 cm³/mol. The van der Waals surface area contributed by atoms with Gasteiger partial charge in [0.15, 0.2) is 0 Å². The maximum atomic E-state index is 13.2. The Kier molecular flexibility index (Phi) is 5.92. The van der Waals surface area contributed by atoms with E-state index in [4.69, 9.17) is 34.8 Å². The van der Waals surface area contributed by atoms with Gasteiger partial charge in [0, 0.05) is 22.2 Å². The molecule has 0 fully saturated rings. The Morgan fingerprint density at radius 1 is 0.905 bits per heavy atom. The minimum absolute atomic E-state index is 0.300. The van der Waals surface area contributed by atoms with Gasteiger partial charge in [0.1, 0.15) is 5.82 Å². The number of halogens is 4. The van der Waals surface area contributed by atoms with Crippen molar-refractivity contribution in [3.8, 4) is 0 Å². The molecule has 0 aromatic heterocycles. The van der Waals surface area contributed by atoms with Crippen LogP contribution in [0.5, 0.6) is 0 Å². The van der Waals surface area contributed by atoms with Gasteiger partial charge in [0.25, 0.3) is 0 Å². The molecule has 2 rings (SSSR count). The molecule has 0 saturated heterocycles. The van der Waals surface area contributed by atoms with E-state index < -0.39 is 0 Å². The van der Waals surface area contributed by atoms with Crippen molar-refractivity contribution in [3.05, 3.63) is 70.5 Å². The highest BCUT2D eigenvalue weighted by atomic mass is 35.5. The van der Waals surface area contributed by atoms with Crippen LogP contribution in [-0.2, 0) is 12.8 Å². The number of benzene rings is 2. The van der Waals surface area contributed by atoms with Crippen LogP contribution < -0.4 is 0 Å². The molecule has 0 heterocycles. The number of rotatable bonds is 6. The topological polar surface area (TPSA) is 0 Å². The van der Waals surface area contributed by atoms with Gasteiger partial charge in [-0.1, -0.05) is 48.0 Å². The molecule has 0 aliphatic heterocycles. The van der Waals surface area contributed by atoms with Crippen LogP contribution in [-0.4, -0.2) is 11.8 Å². The maximum Gasteiger partial charge on any atom is 0.124 e. The molecule has 0 aliphatic carbocycles. The summed E-state index contributed by atoms with van der Waals surface area (Å²) < 4.78 is 13.2. The molecule has 2 aromatic rings. The van der Waals surface area contributed by atoms with Crippen molar-refractivity contribution in [2.24, 2.45) is 5.41 Å². The lowest BCUT2D eigenvalue weighted by atomic mass is 9.79. The monoisotopic (exact) mass is 344 g/mol. The van der Waals surface area contributed by atoms with E-state index in [1.165, 1.54) is 17.7 Å². The zero-order valence-corrected chi connectivity index (χ0v) is 13.7. The second-order valence-corrected chi connectivity index (χ2v) is 6.28. The summed E-state index contributed by atoms with van der Waals surface area (Å²) in [5.41, 5.74) is 1.75. The lowest BCUT2D eigenvalue weighted by Gasteiger charge is -2.30. The summed E-state index contributed by atoms with van der Waals surface area (Å²) in [6.07, 6.45) is 1.38. The molecule has 0 spiro atoms. The summed E-state index contributed by atoms with van der Waals surface area (Å²) in [4.78, 5) is 0.